The smallest absolute Gasteiger partial charge is 0.333 e. The van der Waals surface area contributed by atoms with E-state index in [1.165, 1.54) is 14.2 Å². The normalized spacial score (nSPS) is 13.6. The van der Waals surface area contributed by atoms with Crippen LogP contribution in [-0.2, 0) is 19.1 Å². The summed E-state index contributed by atoms with van der Waals surface area (Å²) in [6.07, 6.45) is 0. The number of esters is 2. The third-order valence-electron chi connectivity index (χ3n) is 2.67. The van der Waals surface area contributed by atoms with Gasteiger partial charge in [-0.15, -0.1) is 0 Å². The SMILES string of the molecule is COC(=O)C(C)=C(C)C(C)=C(C)C(=O)OC. The monoisotopic (exact) mass is 226 g/mol. The van der Waals surface area contributed by atoms with Crippen LogP contribution >= 0.6 is 0 Å². The van der Waals surface area contributed by atoms with Crippen molar-refractivity contribution in [1.82, 2.24) is 0 Å². The fraction of sp³-hybridized carbons (Fsp3) is 0.500. The van der Waals surface area contributed by atoms with Crippen LogP contribution in [0.2, 0.25) is 0 Å². The van der Waals surface area contributed by atoms with Gasteiger partial charge >= 0.3 is 11.9 Å². The zero-order chi connectivity index (χ0) is 12.9. The van der Waals surface area contributed by atoms with Crippen molar-refractivity contribution >= 4 is 11.9 Å². The van der Waals surface area contributed by atoms with Crippen molar-refractivity contribution < 1.29 is 19.1 Å². The molecule has 16 heavy (non-hydrogen) atoms. The topological polar surface area (TPSA) is 52.6 Å². The Balaban J connectivity index is 5.35. The van der Waals surface area contributed by atoms with Gasteiger partial charge < -0.3 is 9.47 Å². The molecule has 0 radical (unpaired) electrons. The molecule has 4 heteroatoms. The minimum atomic E-state index is -0.394. The summed E-state index contributed by atoms with van der Waals surface area (Å²) in [4.78, 5) is 22.6. The van der Waals surface area contributed by atoms with Crippen molar-refractivity contribution in [3.05, 3.63) is 22.3 Å². The van der Waals surface area contributed by atoms with Crippen LogP contribution in [0, 0.1) is 0 Å². The first kappa shape index (κ1) is 14.4. The van der Waals surface area contributed by atoms with Crippen LogP contribution < -0.4 is 0 Å². The Morgan fingerprint density at radius 3 is 1.06 bits per heavy atom. The number of hydrogen-bond acceptors (Lipinski definition) is 4. The first-order valence-electron chi connectivity index (χ1n) is 4.88. The predicted octanol–water partition coefficient (Wildman–Crippen LogP) is 2.01. The van der Waals surface area contributed by atoms with E-state index >= 15 is 0 Å². The van der Waals surface area contributed by atoms with E-state index in [0.717, 1.165) is 11.1 Å². The van der Waals surface area contributed by atoms with E-state index in [9.17, 15) is 9.59 Å². The molecule has 0 amide bonds. The minimum Gasteiger partial charge on any atom is -0.466 e. The summed E-state index contributed by atoms with van der Waals surface area (Å²) in [5.74, 6) is -0.788. The number of carbonyl (C=O) groups is 2. The highest BCUT2D eigenvalue weighted by molar-refractivity contribution is 5.92. The molecule has 90 valence electrons. The maximum absolute atomic E-state index is 11.3. The number of carbonyl (C=O) groups excluding carboxylic acids is 2. The van der Waals surface area contributed by atoms with E-state index in [-0.39, 0.29) is 0 Å². The Morgan fingerprint density at radius 1 is 0.625 bits per heavy atom. The quantitative estimate of drug-likeness (QED) is 0.419. The van der Waals surface area contributed by atoms with Crippen molar-refractivity contribution in [2.45, 2.75) is 27.7 Å². The third-order valence-corrected chi connectivity index (χ3v) is 2.67. The van der Waals surface area contributed by atoms with Crippen LogP contribution in [0.25, 0.3) is 0 Å². The average molecular weight is 226 g/mol. The molecule has 0 aromatic carbocycles. The highest BCUT2D eigenvalue weighted by Gasteiger charge is 2.13. The van der Waals surface area contributed by atoms with E-state index in [0.29, 0.717) is 11.1 Å². The number of methoxy groups -OCH3 is 2. The molecular formula is C12H18O4. The Bertz CT molecular complexity index is 325. The number of rotatable bonds is 3. The fourth-order valence-corrected chi connectivity index (χ4v) is 1.17. The van der Waals surface area contributed by atoms with Crippen LogP contribution in [0.5, 0.6) is 0 Å². The molecule has 0 bridgehead atoms. The van der Waals surface area contributed by atoms with Gasteiger partial charge in [0.2, 0.25) is 0 Å². The van der Waals surface area contributed by atoms with Gasteiger partial charge in [0, 0.05) is 11.1 Å². The van der Waals surface area contributed by atoms with Gasteiger partial charge in [-0.25, -0.2) is 9.59 Å². The molecule has 0 spiro atoms. The summed E-state index contributed by atoms with van der Waals surface area (Å²) < 4.78 is 9.23. The number of allylic oxidation sites excluding steroid dienone is 2. The summed E-state index contributed by atoms with van der Waals surface area (Å²) in [7, 11) is 2.65. The van der Waals surface area contributed by atoms with E-state index in [4.69, 9.17) is 0 Å². The van der Waals surface area contributed by atoms with Crippen LogP contribution in [0.15, 0.2) is 22.3 Å². The first-order valence-corrected chi connectivity index (χ1v) is 4.88. The van der Waals surface area contributed by atoms with Gasteiger partial charge in [0.15, 0.2) is 0 Å². The van der Waals surface area contributed by atoms with Crippen molar-refractivity contribution in [2.24, 2.45) is 0 Å². The van der Waals surface area contributed by atoms with Crippen molar-refractivity contribution in [3.8, 4) is 0 Å². The summed E-state index contributed by atoms with van der Waals surface area (Å²) >= 11 is 0. The maximum Gasteiger partial charge on any atom is 0.333 e. The zero-order valence-corrected chi connectivity index (χ0v) is 10.6. The molecular weight excluding hydrogens is 208 g/mol. The van der Waals surface area contributed by atoms with Crippen LogP contribution in [0.3, 0.4) is 0 Å². The lowest BCUT2D eigenvalue weighted by Crippen LogP contribution is -2.08. The van der Waals surface area contributed by atoms with Gasteiger partial charge in [-0.3, -0.25) is 0 Å². The molecule has 0 atom stereocenters. The molecule has 0 aromatic heterocycles. The summed E-state index contributed by atoms with van der Waals surface area (Å²) in [5.41, 5.74) is 2.44. The van der Waals surface area contributed by atoms with Gasteiger partial charge in [0.25, 0.3) is 0 Å². The molecule has 0 N–H and O–H groups in total. The maximum atomic E-state index is 11.3. The van der Waals surface area contributed by atoms with Gasteiger partial charge in [-0.05, 0) is 38.8 Å². The number of ether oxygens (including phenoxy) is 2. The van der Waals surface area contributed by atoms with E-state index in [2.05, 4.69) is 9.47 Å². The molecule has 0 aliphatic heterocycles. The van der Waals surface area contributed by atoms with Gasteiger partial charge in [-0.1, -0.05) is 0 Å². The third kappa shape index (κ3) is 3.22. The van der Waals surface area contributed by atoms with Gasteiger partial charge in [-0.2, -0.15) is 0 Å². The Kier molecular flexibility index (Phi) is 5.50. The average Bonchev–Trinajstić information content (AvgIpc) is 2.32. The van der Waals surface area contributed by atoms with Crippen LogP contribution in [0.4, 0.5) is 0 Å². The first-order chi connectivity index (χ1) is 7.36. The Hall–Kier alpha value is -1.58. The van der Waals surface area contributed by atoms with E-state index in [1.54, 1.807) is 27.7 Å². The van der Waals surface area contributed by atoms with Crippen molar-refractivity contribution in [3.63, 3.8) is 0 Å². The second-order valence-corrected chi connectivity index (χ2v) is 3.48. The lowest BCUT2D eigenvalue weighted by atomic mass is 9.99. The van der Waals surface area contributed by atoms with Crippen LogP contribution in [0.1, 0.15) is 27.7 Å². The van der Waals surface area contributed by atoms with E-state index < -0.39 is 11.9 Å². The molecule has 0 aromatic rings. The molecule has 0 aliphatic rings. The fourth-order valence-electron chi connectivity index (χ4n) is 1.17. The van der Waals surface area contributed by atoms with Crippen LogP contribution in [-0.4, -0.2) is 26.2 Å². The summed E-state index contributed by atoms with van der Waals surface area (Å²) in [6.45, 7) is 6.87. The van der Waals surface area contributed by atoms with Gasteiger partial charge in [0.1, 0.15) is 0 Å². The molecule has 0 saturated heterocycles. The number of hydrogen-bond donors (Lipinski definition) is 0. The Morgan fingerprint density at radius 2 is 0.875 bits per heavy atom. The van der Waals surface area contributed by atoms with Gasteiger partial charge in [0.05, 0.1) is 14.2 Å². The van der Waals surface area contributed by atoms with E-state index in [1.807, 2.05) is 0 Å². The predicted molar refractivity (Wildman–Crippen MR) is 60.8 cm³/mol. The lowest BCUT2D eigenvalue weighted by Gasteiger charge is -2.09. The second-order valence-electron chi connectivity index (χ2n) is 3.48. The summed E-state index contributed by atoms with van der Waals surface area (Å²) in [5, 5.41) is 0. The highest BCUT2D eigenvalue weighted by Crippen LogP contribution is 2.19. The van der Waals surface area contributed by atoms with Crippen molar-refractivity contribution in [2.75, 3.05) is 14.2 Å². The standard InChI is InChI=1S/C12H18O4/c1-7(9(3)11(13)15-5)8(2)10(4)12(14)16-6/h1-6H3. The largest absolute Gasteiger partial charge is 0.466 e. The minimum absolute atomic E-state index is 0.394. The molecule has 4 nitrogen and oxygen atoms in total. The second kappa shape index (κ2) is 6.10. The molecule has 0 aliphatic carbocycles. The molecule has 0 heterocycles. The highest BCUT2D eigenvalue weighted by atomic mass is 16.5. The molecule has 0 saturated carbocycles. The molecule has 0 fully saturated rings. The zero-order valence-electron chi connectivity index (χ0n) is 10.6. The molecule has 0 unspecified atom stereocenters. The lowest BCUT2D eigenvalue weighted by molar-refractivity contribution is -0.137. The Labute approximate surface area is 95.9 Å². The summed E-state index contributed by atoms with van der Waals surface area (Å²) in [6, 6.07) is 0. The molecule has 0 rings (SSSR count). The van der Waals surface area contributed by atoms with Crippen molar-refractivity contribution in [1.29, 1.82) is 0 Å².